The molecular weight excluding hydrogens is 368 g/mol. The lowest BCUT2D eigenvalue weighted by atomic mass is 9.95. The van der Waals surface area contributed by atoms with Crippen LogP contribution in [0.5, 0.6) is 0 Å². The highest BCUT2D eigenvalue weighted by molar-refractivity contribution is 7.78. The maximum Gasteiger partial charge on any atom is 0.303 e. The van der Waals surface area contributed by atoms with E-state index in [9.17, 15) is 19.2 Å². The number of amides is 1. The molecule has 1 heterocycles. The van der Waals surface area contributed by atoms with Crippen molar-refractivity contribution in [3.05, 3.63) is 0 Å². The van der Waals surface area contributed by atoms with Crippen LogP contribution in [0.1, 0.15) is 27.7 Å². The number of rotatable bonds is 6. The molecule has 5 atom stereocenters. The van der Waals surface area contributed by atoms with E-state index in [1.807, 2.05) is 0 Å². The zero-order chi connectivity index (χ0) is 19.9. The minimum atomic E-state index is -1.15. The molecule has 1 fully saturated rings. The molecule has 0 unspecified atom stereocenters. The van der Waals surface area contributed by atoms with Gasteiger partial charge in [0.1, 0.15) is 18.8 Å². The highest BCUT2D eigenvalue weighted by Gasteiger charge is 2.50. The highest BCUT2D eigenvalue weighted by atomic mass is 32.1. The Balaban J connectivity index is 3.28. The normalized spacial score (nSPS) is 27.5. The highest BCUT2D eigenvalue weighted by Crippen LogP contribution is 2.27. The Kier molecular flexibility index (Phi) is 8.30. The quantitative estimate of drug-likeness (QED) is 0.283. The number of ether oxygens (including phenoxy) is 4. The molecule has 1 rings (SSSR count). The number of nitrogens with zero attached hydrogens (tertiary/aromatic N) is 1. The average molecular weight is 388 g/mol. The lowest BCUT2D eigenvalue weighted by Gasteiger charge is -2.43. The summed E-state index contributed by atoms with van der Waals surface area (Å²) in [7, 11) is 0. The van der Waals surface area contributed by atoms with Crippen molar-refractivity contribution in [2.24, 2.45) is 4.99 Å². The molecule has 0 aromatic carbocycles. The third-order valence-electron chi connectivity index (χ3n) is 3.27. The molecule has 0 radical (unpaired) electrons. The first-order valence-electron chi connectivity index (χ1n) is 7.63. The van der Waals surface area contributed by atoms with Gasteiger partial charge in [0.15, 0.2) is 18.4 Å². The third-order valence-corrected chi connectivity index (χ3v) is 3.38. The first kappa shape index (κ1) is 21.7. The Labute approximate surface area is 155 Å². The van der Waals surface area contributed by atoms with Crippen LogP contribution >= 0.6 is 12.2 Å². The lowest BCUT2D eigenvalue weighted by molar-refractivity contribution is -0.222. The zero-order valence-electron chi connectivity index (χ0n) is 14.7. The summed E-state index contributed by atoms with van der Waals surface area (Å²) in [5.41, 5.74) is 0. The van der Waals surface area contributed by atoms with Gasteiger partial charge in [-0.05, 0) is 12.2 Å². The molecule has 0 aromatic heterocycles. The standard InChI is InChI=1S/C15H20N2O8S/c1-7(18)17-12-14(24-10(4)21)13(23-9(3)20)11(5-22-8(2)19)25-15(12)16-6-26/h11-15H,5H2,1-4H3,(H,17,18)/t11-,12+,13+,14+,15+/m1/s1. The second-order valence-corrected chi connectivity index (χ2v) is 5.65. The van der Waals surface area contributed by atoms with Gasteiger partial charge in [-0.25, -0.2) is 0 Å². The molecule has 1 aliphatic heterocycles. The van der Waals surface area contributed by atoms with Gasteiger partial charge >= 0.3 is 17.9 Å². The van der Waals surface area contributed by atoms with Crippen molar-refractivity contribution < 1.29 is 38.1 Å². The molecule has 26 heavy (non-hydrogen) atoms. The molecule has 1 aliphatic rings. The number of esters is 3. The number of hydrogen-bond donors (Lipinski definition) is 1. The molecule has 11 heteroatoms. The average Bonchev–Trinajstić information content (AvgIpc) is 2.50. The summed E-state index contributed by atoms with van der Waals surface area (Å²) in [5, 5.41) is 4.67. The van der Waals surface area contributed by atoms with Crippen LogP contribution in [0.4, 0.5) is 0 Å². The minimum Gasteiger partial charge on any atom is -0.463 e. The zero-order valence-corrected chi connectivity index (χ0v) is 15.5. The second kappa shape index (κ2) is 9.95. The van der Waals surface area contributed by atoms with Gasteiger partial charge in [0.25, 0.3) is 0 Å². The maximum absolute atomic E-state index is 11.5. The third kappa shape index (κ3) is 6.51. The maximum atomic E-state index is 11.5. The van der Waals surface area contributed by atoms with Gasteiger partial charge in [-0.15, -0.1) is 0 Å². The first-order chi connectivity index (χ1) is 12.1. The van der Waals surface area contributed by atoms with Crippen LogP contribution in [0.15, 0.2) is 4.99 Å². The Hall–Kier alpha value is -2.36. The van der Waals surface area contributed by atoms with Crippen LogP contribution in [0.3, 0.4) is 0 Å². The topological polar surface area (TPSA) is 130 Å². The van der Waals surface area contributed by atoms with Gasteiger partial charge in [-0.1, -0.05) is 0 Å². The summed E-state index contributed by atoms with van der Waals surface area (Å²) < 4.78 is 21.1. The van der Waals surface area contributed by atoms with E-state index >= 15 is 0 Å². The fourth-order valence-electron chi connectivity index (χ4n) is 2.47. The smallest absolute Gasteiger partial charge is 0.303 e. The molecule has 0 saturated carbocycles. The van der Waals surface area contributed by atoms with Gasteiger partial charge in [0.05, 0.1) is 5.16 Å². The molecule has 1 amide bonds. The number of carbonyl (C=O) groups is 4. The van der Waals surface area contributed by atoms with Crippen LogP contribution in [-0.2, 0) is 38.1 Å². The van der Waals surface area contributed by atoms with Crippen molar-refractivity contribution in [1.29, 1.82) is 0 Å². The molecule has 0 aliphatic carbocycles. The molecule has 10 nitrogen and oxygen atoms in total. The Bertz CT molecular complexity index is 619. The number of nitrogens with one attached hydrogen (secondary N) is 1. The van der Waals surface area contributed by atoms with Crippen LogP contribution in [-0.4, -0.2) is 66.2 Å². The van der Waals surface area contributed by atoms with Crippen molar-refractivity contribution in [2.75, 3.05) is 6.61 Å². The predicted octanol–water partition coefficient (Wildman–Crippen LogP) is -0.255. The van der Waals surface area contributed by atoms with E-state index in [4.69, 9.17) is 18.9 Å². The molecule has 1 saturated heterocycles. The van der Waals surface area contributed by atoms with E-state index in [1.54, 1.807) is 0 Å². The van der Waals surface area contributed by atoms with Gasteiger partial charge in [0.2, 0.25) is 5.91 Å². The number of isothiocyanates is 1. The van der Waals surface area contributed by atoms with Crippen molar-refractivity contribution in [2.45, 2.75) is 58.3 Å². The Morgan fingerprint density at radius 3 is 2.08 bits per heavy atom. The SMILES string of the molecule is CC(=O)N[C@H]1[C@H](OC(C)=O)[C@@H](OC(C)=O)[C@@H](COC(C)=O)O[C@@H]1N=C=S. The molecule has 0 spiro atoms. The van der Waals surface area contributed by atoms with E-state index < -0.39 is 54.4 Å². The molecule has 144 valence electrons. The Morgan fingerprint density at radius 1 is 1.04 bits per heavy atom. The summed E-state index contributed by atoms with van der Waals surface area (Å²) in [6.45, 7) is 4.46. The van der Waals surface area contributed by atoms with E-state index in [1.165, 1.54) is 13.8 Å². The number of carbonyl (C=O) groups excluding carboxylic acids is 4. The minimum absolute atomic E-state index is 0.290. The summed E-state index contributed by atoms with van der Waals surface area (Å²) >= 11 is 4.58. The van der Waals surface area contributed by atoms with Crippen LogP contribution < -0.4 is 5.32 Å². The van der Waals surface area contributed by atoms with Crippen LogP contribution in [0, 0.1) is 0 Å². The summed E-state index contributed by atoms with van der Waals surface area (Å²) in [4.78, 5) is 49.5. The van der Waals surface area contributed by atoms with E-state index in [2.05, 4.69) is 27.7 Å². The van der Waals surface area contributed by atoms with Crippen molar-refractivity contribution in [3.8, 4) is 0 Å². The number of aliphatic imine (C=N–C) groups is 1. The van der Waals surface area contributed by atoms with E-state index in [0.717, 1.165) is 13.8 Å². The molecule has 0 bridgehead atoms. The van der Waals surface area contributed by atoms with Gasteiger partial charge in [-0.2, -0.15) is 4.99 Å². The monoisotopic (exact) mass is 388 g/mol. The molecular formula is C15H20N2O8S. The van der Waals surface area contributed by atoms with Crippen molar-refractivity contribution in [1.82, 2.24) is 5.32 Å². The summed E-state index contributed by atoms with van der Waals surface area (Å²) in [5.74, 6) is -2.40. The number of thiocarbonyl (C=S) groups is 1. The fraction of sp³-hybridized carbons (Fsp3) is 0.667. The summed E-state index contributed by atoms with van der Waals surface area (Å²) in [6, 6.07) is -0.996. The molecule has 1 N–H and O–H groups in total. The van der Waals surface area contributed by atoms with Crippen molar-refractivity contribution >= 4 is 41.2 Å². The van der Waals surface area contributed by atoms with Crippen molar-refractivity contribution in [3.63, 3.8) is 0 Å². The summed E-state index contributed by atoms with van der Waals surface area (Å²) in [6.07, 6.45) is -4.39. The largest absolute Gasteiger partial charge is 0.463 e. The van der Waals surface area contributed by atoms with Gasteiger partial charge in [0, 0.05) is 27.7 Å². The lowest BCUT2D eigenvalue weighted by Crippen LogP contribution is -2.65. The van der Waals surface area contributed by atoms with Gasteiger partial charge in [-0.3, -0.25) is 19.2 Å². The molecule has 0 aromatic rings. The second-order valence-electron chi connectivity index (χ2n) is 5.46. The van der Waals surface area contributed by atoms with Crippen LogP contribution in [0.2, 0.25) is 0 Å². The fourth-order valence-corrected chi connectivity index (χ4v) is 2.57. The van der Waals surface area contributed by atoms with Gasteiger partial charge < -0.3 is 24.3 Å². The van der Waals surface area contributed by atoms with E-state index in [0.29, 0.717) is 0 Å². The van der Waals surface area contributed by atoms with E-state index in [-0.39, 0.29) is 6.61 Å². The van der Waals surface area contributed by atoms with Crippen LogP contribution in [0.25, 0.3) is 0 Å². The Morgan fingerprint density at radius 2 is 1.62 bits per heavy atom. The predicted molar refractivity (Wildman–Crippen MR) is 89.0 cm³/mol. The first-order valence-corrected chi connectivity index (χ1v) is 8.03. The number of hydrogen-bond acceptors (Lipinski definition) is 10.